The van der Waals surface area contributed by atoms with Crippen molar-refractivity contribution < 1.29 is 9.59 Å². The molecule has 0 spiro atoms. The quantitative estimate of drug-likeness (QED) is 0.321. The molecule has 110 valence electrons. The minimum absolute atomic E-state index is 0.0823. The fourth-order valence-corrected chi connectivity index (χ4v) is 1.62. The molecule has 19 heavy (non-hydrogen) atoms. The Kier molecular flexibility index (Phi) is 10.5. The third-order valence-corrected chi connectivity index (χ3v) is 2.63. The number of hydrogen-bond acceptors (Lipinski definition) is 3. The van der Waals surface area contributed by atoms with Crippen LogP contribution in [0.25, 0.3) is 0 Å². The number of nitrogens with zero attached hydrogens (tertiary/aromatic N) is 1. The van der Waals surface area contributed by atoms with Crippen LogP contribution in [0.3, 0.4) is 0 Å². The lowest BCUT2D eigenvalue weighted by Crippen LogP contribution is -2.28. The molecule has 0 fully saturated rings. The van der Waals surface area contributed by atoms with E-state index >= 15 is 0 Å². The van der Waals surface area contributed by atoms with Gasteiger partial charge >= 0.3 is 6.03 Å². The first-order valence-corrected chi connectivity index (χ1v) is 6.91. The number of hydrazone groups is 1. The van der Waals surface area contributed by atoms with Crippen molar-refractivity contribution in [2.75, 3.05) is 6.54 Å². The van der Waals surface area contributed by atoms with Gasteiger partial charge in [-0.3, -0.25) is 4.79 Å². The molecule has 0 aromatic rings. The van der Waals surface area contributed by atoms with E-state index in [-0.39, 0.29) is 12.3 Å². The summed E-state index contributed by atoms with van der Waals surface area (Å²) in [6.07, 6.45) is 7.36. The number of rotatable bonds is 10. The van der Waals surface area contributed by atoms with Crippen LogP contribution in [0.5, 0.6) is 0 Å². The van der Waals surface area contributed by atoms with Gasteiger partial charge in [-0.2, -0.15) is 5.10 Å². The van der Waals surface area contributed by atoms with Gasteiger partial charge in [-0.25, -0.2) is 10.2 Å². The fraction of sp³-hybridized carbons (Fsp3) is 0.769. The molecule has 0 radical (unpaired) electrons. The SMILES string of the molecule is CCCCCCCCNC(=O)C/C(C)=N\NC(N)=O. The van der Waals surface area contributed by atoms with Crippen molar-refractivity contribution in [2.24, 2.45) is 10.8 Å². The maximum atomic E-state index is 11.5. The Hall–Kier alpha value is -1.59. The van der Waals surface area contributed by atoms with Gasteiger partial charge in [-0.15, -0.1) is 0 Å². The number of urea groups is 1. The topological polar surface area (TPSA) is 96.6 Å². The van der Waals surface area contributed by atoms with E-state index in [9.17, 15) is 9.59 Å². The Morgan fingerprint density at radius 1 is 1.11 bits per heavy atom. The Morgan fingerprint density at radius 2 is 1.74 bits per heavy atom. The van der Waals surface area contributed by atoms with Crippen LogP contribution in [0.15, 0.2) is 5.10 Å². The van der Waals surface area contributed by atoms with E-state index in [1.807, 2.05) is 0 Å². The van der Waals surface area contributed by atoms with Crippen LogP contribution in [-0.2, 0) is 4.79 Å². The molecule has 0 rings (SSSR count). The van der Waals surface area contributed by atoms with Gasteiger partial charge in [0, 0.05) is 12.3 Å². The van der Waals surface area contributed by atoms with Crippen LogP contribution >= 0.6 is 0 Å². The van der Waals surface area contributed by atoms with Crippen LogP contribution in [0.2, 0.25) is 0 Å². The molecule has 6 nitrogen and oxygen atoms in total. The Morgan fingerprint density at radius 3 is 2.37 bits per heavy atom. The van der Waals surface area contributed by atoms with Crippen molar-refractivity contribution >= 4 is 17.6 Å². The van der Waals surface area contributed by atoms with Gasteiger partial charge in [0.05, 0.1) is 6.42 Å². The molecule has 0 bridgehead atoms. The molecule has 4 N–H and O–H groups in total. The summed E-state index contributed by atoms with van der Waals surface area (Å²) in [4.78, 5) is 21.9. The molecule has 0 aliphatic heterocycles. The molecule has 0 aromatic carbocycles. The summed E-state index contributed by atoms with van der Waals surface area (Å²) >= 11 is 0. The Bertz CT molecular complexity index is 303. The molecule has 0 saturated carbocycles. The largest absolute Gasteiger partial charge is 0.356 e. The van der Waals surface area contributed by atoms with Gasteiger partial charge < -0.3 is 11.1 Å². The summed E-state index contributed by atoms with van der Waals surface area (Å²) in [5.41, 5.74) is 7.48. The number of unbranched alkanes of at least 4 members (excludes halogenated alkanes) is 5. The summed E-state index contributed by atoms with van der Waals surface area (Å²) in [7, 11) is 0. The average molecular weight is 270 g/mol. The number of carbonyl (C=O) groups is 2. The van der Waals surface area contributed by atoms with Gasteiger partial charge in [0.2, 0.25) is 5.91 Å². The van der Waals surface area contributed by atoms with E-state index < -0.39 is 6.03 Å². The van der Waals surface area contributed by atoms with Crippen LogP contribution in [0, 0.1) is 0 Å². The van der Waals surface area contributed by atoms with Crippen LogP contribution in [-0.4, -0.2) is 24.2 Å². The number of nitrogens with one attached hydrogen (secondary N) is 2. The molecule has 0 aliphatic rings. The molecular formula is C13H26N4O2. The van der Waals surface area contributed by atoms with Crippen molar-refractivity contribution in [2.45, 2.75) is 58.8 Å². The molecule has 3 amide bonds. The standard InChI is InChI=1S/C13H26N4O2/c1-3-4-5-6-7-8-9-15-12(18)10-11(2)16-17-13(14)19/h3-10H2,1-2H3,(H,15,18)(H3,14,17,19)/b16-11-. The number of amides is 3. The van der Waals surface area contributed by atoms with E-state index in [1.54, 1.807) is 6.92 Å². The summed E-state index contributed by atoms with van der Waals surface area (Å²) in [6, 6.07) is -0.730. The number of primary amides is 1. The number of hydrogen-bond donors (Lipinski definition) is 3. The molecule has 0 aromatic heterocycles. The van der Waals surface area contributed by atoms with E-state index in [2.05, 4.69) is 22.8 Å². The monoisotopic (exact) mass is 270 g/mol. The minimum Gasteiger partial charge on any atom is -0.356 e. The lowest BCUT2D eigenvalue weighted by molar-refractivity contribution is -0.119. The summed E-state index contributed by atoms with van der Waals surface area (Å²) < 4.78 is 0. The molecule has 0 unspecified atom stereocenters. The smallest absolute Gasteiger partial charge is 0.332 e. The highest BCUT2D eigenvalue weighted by Gasteiger charge is 2.03. The van der Waals surface area contributed by atoms with Gasteiger partial charge in [0.25, 0.3) is 0 Å². The first-order chi connectivity index (χ1) is 9.06. The zero-order valence-electron chi connectivity index (χ0n) is 12.0. The van der Waals surface area contributed by atoms with Crippen LogP contribution in [0.4, 0.5) is 4.79 Å². The van der Waals surface area contributed by atoms with Crippen molar-refractivity contribution in [1.82, 2.24) is 10.7 Å². The highest BCUT2D eigenvalue weighted by atomic mass is 16.2. The van der Waals surface area contributed by atoms with Gasteiger partial charge in [-0.05, 0) is 13.3 Å². The highest BCUT2D eigenvalue weighted by molar-refractivity contribution is 6.00. The molecule has 0 heterocycles. The molecule has 0 atom stereocenters. The third kappa shape index (κ3) is 12.7. The van der Waals surface area contributed by atoms with Gasteiger partial charge in [0.1, 0.15) is 0 Å². The summed E-state index contributed by atoms with van der Waals surface area (Å²) in [5.74, 6) is -0.0823. The van der Waals surface area contributed by atoms with Crippen molar-refractivity contribution in [3.05, 3.63) is 0 Å². The second kappa shape index (κ2) is 11.5. The van der Waals surface area contributed by atoms with Crippen molar-refractivity contribution in [3.63, 3.8) is 0 Å². The minimum atomic E-state index is -0.730. The second-order valence-electron chi connectivity index (χ2n) is 4.62. The first-order valence-electron chi connectivity index (χ1n) is 6.91. The van der Waals surface area contributed by atoms with Crippen LogP contribution < -0.4 is 16.5 Å². The molecular weight excluding hydrogens is 244 g/mol. The summed E-state index contributed by atoms with van der Waals surface area (Å²) in [6.45, 7) is 4.55. The first kappa shape index (κ1) is 17.4. The van der Waals surface area contributed by atoms with Gasteiger partial charge in [0.15, 0.2) is 0 Å². The normalized spacial score (nSPS) is 11.2. The van der Waals surface area contributed by atoms with Crippen LogP contribution in [0.1, 0.15) is 58.8 Å². The van der Waals surface area contributed by atoms with Crippen molar-refractivity contribution in [3.8, 4) is 0 Å². The highest BCUT2D eigenvalue weighted by Crippen LogP contribution is 2.04. The average Bonchev–Trinajstić information content (AvgIpc) is 2.35. The van der Waals surface area contributed by atoms with E-state index in [0.717, 1.165) is 12.8 Å². The number of carbonyl (C=O) groups excluding carboxylic acids is 2. The molecule has 6 heteroatoms. The Labute approximate surface area is 115 Å². The second-order valence-corrected chi connectivity index (χ2v) is 4.62. The predicted octanol–water partition coefficient (Wildman–Crippen LogP) is 1.90. The summed E-state index contributed by atoms with van der Waals surface area (Å²) in [5, 5.41) is 6.50. The fourth-order valence-electron chi connectivity index (χ4n) is 1.62. The molecule has 0 saturated heterocycles. The van der Waals surface area contributed by atoms with E-state index in [4.69, 9.17) is 5.73 Å². The number of nitrogens with two attached hydrogens (primary N) is 1. The maximum Gasteiger partial charge on any atom is 0.332 e. The molecule has 0 aliphatic carbocycles. The van der Waals surface area contributed by atoms with Crippen molar-refractivity contribution in [1.29, 1.82) is 0 Å². The Balaban J connectivity index is 3.53. The maximum absolute atomic E-state index is 11.5. The third-order valence-electron chi connectivity index (χ3n) is 2.63. The zero-order chi connectivity index (χ0) is 14.5. The lowest BCUT2D eigenvalue weighted by atomic mass is 10.1. The zero-order valence-corrected chi connectivity index (χ0v) is 12.0. The lowest BCUT2D eigenvalue weighted by Gasteiger charge is -2.05. The van der Waals surface area contributed by atoms with E-state index in [0.29, 0.717) is 12.3 Å². The van der Waals surface area contributed by atoms with E-state index in [1.165, 1.54) is 25.7 Å². The predicted molar refractivity (Wildman–Crippen MR) is 76.8 cm³/mol. The van der Waals surface area contributed by atoms with Gasteiger partial charge in [-0.1, -0.05) is 39.0 Å².